The first-order valence-corrected chi connectivity index (χ1v) is 10.3. The van der Waals surface area contributed by atoms with Gasteiger partial charge in [-0.2, -0.15) is 5.10 Å². The Morgan fingerprint density at radius 1 is 1.30 bits per heavy atom. The summed E-state index contributed by atoms with van der Waals surface area (Å²) in [4.78, 5) is 20.3. The van der Waals surface area contributed by atoms with Crippen molar-refractivity contribution >= 4 is 21.8 Å². The maximum atomic E-state index is 12.8. The van der Waals surface area contributed by atoms with E-state index in [0.717, 1.165) is 58.1 Å². The van der Waals surface area contributed by atoms with E-state index in [1.807, 2.05) is 23.9 Å². The lowest BCUT2D eigenvalue weighted by Crippen LogP contribution is -2.12. The predicted molar refractivity (Wildman–Crippen MR) is 116 cm³/mol. The van der Waals surface area contributed by atoms with Crippen LogP contribution in [0, 0.1) is 6.92 Å². The molecule has 4 heterocycles. The number of methoxy groups -OCH3 is 1. The van der Waals surface area contributed by atoms with Gasteiger partial charge in [0.2, 0.25) is 5.88 Å². The van der Waals surface area contributed by atoms with Crippen LogP contribution < -0.4 is 10.3 Å². The van der Waals surface area contributed by atoms with Gasteiger partial charge in [-0.1, -0.05) is 19.1 Å². The number of rotatable bonds is 4. The minimum atomic E-state index is -0.125. The summed E-state index contributed by atoms with van der Waals surface area (Å²) in [6.45, 7) is 5.49. The van der Waals surface area contributed by atoms with Crippen molar-refractivity contribution in [3.05, 3.63) is 52.1 Å². The lowest BCUT2D eigenvalue weighted by atomic mass is 9.94. The van der Waals surface area contributed by atoms with Crippen molar-refractivity contribution < 1.29 is 9.47 Å². The average Bonchev–Trinajstić information content (AvgIpc) is 3.43. The van der Waals surface area contributed by atoms with Crippen LogP contribution in [0.4, 0.5) is 0 Å². The van der Waals surface area contributed by atoms with Gasteiger partial charge in [-0.05, 0) is 42.5 Å². The highest BCUT2D eigenvalue weighted by atomic mass is 16.5. The Balaban J connectivity index is 1.76. The van der Waals surface area contributed by atoms with E-state index in [4.69, 9.17) is 9.47 Å². The smallest absolute Gasteiger partial charge is 0.259 e. The molecule has 154 valence electrons. The Hall–Kier alpha value is -3.19. The van der Waals surface area contributed by atoms with Crippen LogP contribution in [0.3, 0.4) is 0 Å². The zero-order valence-electron chi connectivity index (χ0n) is 17.4. The first-order valence-electron chi connectivity index (χ1n) is 10.3. The van der Waals surface area contributed by atoms with Crippen LogP contribution in [0.2, 0.25) is 0 Å². The van der Waals surface area contributed by atoms with Gasteiger partial charge in [0, 0.05) is 23.8 Å². The highest BCUT2D eigenvalue weighted by molar-refractivity contribution is 6.04. The molecule has 1 aliphatic rings. The molecule has 3 aromatic heterocycles. The van der Waals surface area contributed by atoms with Crippen LogP contribution in [-0.4, -0.2) is 40.1 Å². The normalized spacial score (nSPS) is 16.6. The van der Waals surface area contributed by atoms with Gasteiger partial charge in [0.1, 0.15) is 0 Å². The summed E-state index contributed by atoms with van der Waals surface area (Å²) >= 11 is 0. The maximum Gasteiger partial charge on any atom is 0.259 e. The van der Waals surface area contributed by atoms with E-state index in [2.05, 4.69) is 34.1 Å². The number of pyridine rings is 2. The summed E-state index contributed by atoms with van der Waals surface area (Å²) in [6, 6.07) is 6.37. The summed E-state index contributed by atoms with van der Waals surface area (Å²) < 4.78 is 13.0. The average molecular weight is 404 g/mol. The number of nitrogens with zero attached hydrogens (tertiary/aromatic N) is 3. The third-order valence-electron chi connectivity index (χ3n) is 5.98. The van der Waals surface area contributed by atoms with Gasteiger partial charge >= 0.3 is 0 Å². The van der Waals surface area contributed by atoms with Crippen molar-refractivity contribution in [1.82, 2.24) is 19.7 Å². The van der Waals surface area contributed by atoms with Crippen LogP contribution in [0.1, 0.15) is 30.5 Å². The largest absolute Gasteiger partial charge is 0.481 e. The molecule has 30 heavy (non-hydrogen) atoms. The molecule has 4 aromatic rings. The second-order valence-electron chi connectivity index (χ2n) is 7.74. The first-order chi connectivity index (χ1) is 14.6. The molecule has 0 amide bonds. The van der Waals surface area contributed by atoms with E-state index >= 15 is 0 Å². The van der Waals surface area contributed by atoms with Crippen LogP contribution in [0.5, 0.6) is 5.88 Å². The van der Waals surface area contributed by atoms with E-state index in [9.17, 15) is 4.79 Å². The van der Waals surface area contributed by atoms with Crippen LogP contribution in [-0.2, 0) is 11.2 Å². The number of benzene rings is 1. The maximum absolute atomic E-state index is 12.8. The molecule has 5 rings (SSSR count). The van der Waals surface area contributed by atoms with Crippen LogP contribution in [0.15, 0.2) is 35.4 Å². The van der Waals surface area contributed by atoms with E-state index in [-0.39, 0.29) is 11.6 Å². The van der Waals surface area contributed by atoms with Crippen molar-refractivity contribution in [3.63, 3.8) is 0 Å². The molecule has 0 aliphatic carbocycles. The number of aromatic amines is 1. The molecule has 1 fully saturated rings. The minimum Gasteiger partial charge on any atom is -0.481 e. The van der Waals surface area contributed by atoms with Gasteiger partial charge in [-0.15, -0.1) is 0 Å². The lowest BCUT2D eigenvalue weighted by Gasteiger charge is -2.16. The second kappa shape index (κ2) is 7.25. The highest BCUT2D eigenvalue weighted by Gasteiger charge is 2.23. The molecular formula is C23H24N4O3. The van der Waals surface area contributed by atoms with Crippen LogP contribution in [0.25, 0.3) is 32.9 Å². The number of fused-ring (bicyclic) bond motifs is 3. The van der Waals surface area contributed by atoms with Gasteiger partial charge in [0.05, 0.1) is 42.4 Å². The van der Waals surface area contributed by atoms with E-state index < -0.39 is 0 Å². The van der Waals surface area contributed by atoms with E-state index in [1.165, 1.54) is 0 Å². The SMILES string of the molecule is CCc1c(OC)ncc(C)c1-c1ccc2c(c1)[nH]c(=O)c1cnn(C3CCOC3)c12. The number of nitrogens with one attached hydrogen (secondary N) is 1. The van der Waals surface area contributed by atoms with Gasteiger partial charge in [-0.3, -0.25) is 9.48 Å². The Morgan fingerprint density at radius 2 is 2.17 bits per heavy atom. The van der Waals surface area contributed by atoms with Crippen molar-refractivity contribution in [2.75, 3.05) is 20.3 Å². The molecule has 1 saturated heterocycles. The van der Waals surface area contributed by atoms with Crippen molar-refractivity contribution in [3.8, 4) is 17.0 Å². The lowest BCUT2D eigenvalue weighted by molar-refractivity contribution is 0.185. The molecule has 0 radical (unpaired) electrons. The zero-order chi connectivity index (χ0) is 20.8. The number of H-pyrrole nitrogens is 1. The third kappa shape index (κ3) is 2.81. The van der Waals surface area contributed by atoms with Crippen molar-refractivity contribution in [2.45, 2.75) is 32.7 Å². The Bertz CT molecular complexity index is 1320. The quantitative estimate of drug-likeness (QED) is 0.560. The molecule has 1 N–H and O–H groups in total. The van der Waals surface area contributed by atoms with Gasteiger partial charge < -0.3 is 14.5 Å². The van der Waals surface area contributed by atoms with Crippen molar-refractivity contribution in [1.29, 1.82) is 0 Å². The number of hydrogen-bond acceptors (Lipinski definition) is 5. The molecule has 1 aromatic carbocycles. The fraction of sp³-hybridized carbons (Fsp3) is 0.348. The van der Waals surface area contributed by atoms with Gasteiger partial charge in [0.15, 0.2) is 0 Å². The van der Waals surface area contributed by atoms with E-state index in [0.29, 0.717) is 17.9 Å². The molecule has 1 aliphatic heterocycles. The molecule has 1 unspecified atom stereocenters. The highest BCUT2D eigenvalue weighted by Crippen LogP contribution is 2.35. The standard InChI is InChI=1S/C23H24N4O3/c1-4-16-20(13(2)10-24-23(16)29-3)14-5-6-17-19(9-14)26-22(28)18-11-25-27(21(17)18)15-7-8-30-12-15/h5-6,9-11,15H,4,7-8,12H2,1-3H3,(H,26,28). The first kappa shape index (κ1) is 18.8. The van der Waals surface area contributed by atoms with Gasteiger partial charge in [-0.25, -0.2) is 4.98 Å². The molecule has 7 nitrogen and oxygen atoms in total. The van der Waals surface area contributed by atoms with Crippen molar-refractivity contribution in [2.24, 2.45) is 0 Å². The zero-order valence-corrected chi connectivity index (χ0v) is 17.4. The Morgan fingerprint density at radius 3 is 2.90 bits per heavy atom. The third-order valence-corrected chi connectivity index (χ3v) is 5.98. The fourth-order valence-electron chi connectivity index (χ4n) is 4.54. The monoisotopic (exact) mass is 404 g/mol. The summed E-state index contributed by atoms with van der Waals surface area (Å²) in [6.07, 6.45) is 5.19. The Labute approximate surface area is 173 Å². The van der Waals surface area contributed by atoms with Gasteiger partial charge in [0.25, 0.3) is 5.56 Å². The van der Waals surface area contributed by atoms with E-state index in [1.54, 1.807) is 13.3 Å². The molecule has 7 heteroatoms. The number of aromatic nitrogens is 4. The number of hydrogen-bond donors (Lipinski definition) is 1. The fourth-order valence-corrected chi connectivity index (χ4v) is 4.54. The Kier molecular flexibility index (Phi) is 4.55. The molecule has 1 atom stereocenters. The molecular weight excluding hydrogens is 380 g/mol. The molecule has 0 saturated carbocycles. The second-order valence-corrected chi connectivity index (χ2v) is 7.74. The molecule has 0 bridgehead atoms. The summed E-state index contributed by atoms with van der Waals surface area (Å²) in [7, 11) is 1.64. The summed E-state index contributed by atoms with van der Waals surface area (Å²) in [5, 5.41) is 6.12. The minimum absolute atomic E-state index is 0.125. The predicted octanol–water partition coefficient (Wildman–Crippen LogP) is 3.78. The summed E-state index contributed by atoms with van der Waals surface area (Å²) in [5.74, 6) is 0.640. The summed E-state index contributed by atoms with van der Waals surface area (Å²) in [5.41, 5.74) is 5.81. The van der Waals surface area contributed by atoms with Crippen LogP contribution >= 0.6 is 0 Å². The topological polar surface area (TPSA) is 82.0 Å². The number of ether oxygens (including phenoxy) is 2. The molecule has 0 spiro atoms. The number of aryl methyl sites for hydroxylation is 1.